The molecule has 0 heterocycles. The molecule has 0 saturated carbocycles. The van der Waals surface area contributed by atoms with E-state index in [2.05, 4.69) is 24.1 Å². The number of halogens is 1. The van der Waals surface area contributed by atoms with E-state index in [9.17, 15) is 0 Å². The Morgan fingerprint density at radius 1 is 1.43 bits per heavy atom. The van der Waals surface area contributed by atoms with Gasteiger partial charge in [-0.3, -0.25) is 0 Å². The summed E-state index contributed by atoms with van der Waals surface area (Å²) in [6.07, 6.45) is 0.864. The highest BCUT2D eigenvalue weighted by atomic mass is 35.5. The summed E-state index contributed by atoms with van der Waals surface area (Å²) in [7, 11) is 0. The Morgan fingerprint density at radius 2 is 2.21 bits per heavy atom. The molecule has 0 aliphatic heterocycles. The first-order valence-electron chi connectivity index (χ1n) is 4.63. The summed E-state index contributed by atoms with van der Waals surface area (Å²) in [4.78, 5) is 0. The highest BCUT2D eigenvalue weighted by molar-refractivity contribution is 6.30. The molecule has 2 heteroatoms. The highest BCUT2D eigenvalue weighted by Crippen LogP contribution is 2.19. The third-order valence-corrected chi connectivity index (χ3v) is 2.18. The smallest absolute Gasteiger partial charge is 0.0426 e. The molecule has 0 fully saturated rings. The normalized spacial score (nSPS) is 9.07. The molecule has 0 spiro atoms. The van der Waals surface area contributed by atoms with Gasteiger partial charge in [0.2, 0.25) is 0 Å². The lowest BCUT2D eigenvalue weighted by molar-refractivity contribution is 1.09. The van der Waals surface area contributed by atoms with Crippen LogP contribution in [0.5, 0.6) is 0 Å². The van der Waals surface area contributed by atoms with Crippen molar-refractivity contribution in [3.8, 4) is 11.8 Å². The zero-order chi connectivity index (χ0) is 10.4. The summed E-state index contributed by atoms with van der Waals surface area (Å²) in [5.41, 5.74) is 2.30. The summed E-state index contributed by atoms with van der Waals surface area (Å²) in [6.45, 7) is 4.77. The fourth-order valence-electron chi connectivity index (χ4n) is 1.17. The Balaban J connectivity index is 2.56. The summed E-state index contributed by atoms with van der Waals surface area (Å²) in [6, 6.07) is 5.85. The van der Waals surface area contributed by atoms with Crippen molar-refractivity contribution in [2.75, 3.05) is 11.9 Å². The summed E-state index contributed by atoms with van der Waals surface area (Å²) in [5.74, 6) is 5.87. The Morgan fingerprint density at radius 3 is 2.93 bits per heavy atom. The molecule has 1 rings (SSSR count). The number of nitrogens with one attached hydrogen (secondary N) is 1. The zero-order valence-electron chi connectivity index (χ0n) is 8.52. The third kappa shape index (κ3) is 3.32. The average molecular weight is 208 g/mol. The fraction of sp³-hybridized carbons (Fsp3) is 0.333. The summed E-state index contributed by atoms with van der Waals surface area (Å²) in [5, 5.41) is 4.07. The second-order valence-electron chi connectivity index (χ2n) is 3.06. The van der Waals surface area contributed by atoms with Gasteiger partial charge >= 0.3 is 0 Å². The van der Waals surface area contributed by atoms with Crippen molar-refractivity contribution in [2.24, 2.45) is 0 Å². The molecule has 0 amide bonds. The van der Waals surface area contributed by atoms with Crippen LogP contribution in [-0.2, 0) is 0 Å². The van der Waals surface area contributed by atoms with Crippen molar-refractivity contribution in [2.45, 2.75) is 20.3 Å². The number of hydrogen-bond acceptors (Lipinski definition) is 1. The van der Waals surface area contributed by atoms with E-state index in [0.29, 0.717) is 0 Å². The van der Waals surface area contributed by atoms with Gasteiger partial charge in [0.05, 0.1) is 0 Å². The first-order chi connectivity index (χ1) is 6.74. The van der Waals surface area contributed by atoms with Crippen LogP contribution in [0.1, 0.15) is 18.9 Å². The van der Waals surface area contributed by atoms with Crippen molar-refractivity contribution in [3.63, 3.8) is 0 Å². The average Bonchev–Trinajstić information content (AvgIpc) is 2.18. The maximum atomic E-state index is 5.89. The number of rotatable bonds is 3. The topological polar surface area (TPSA) is 12.0 Å². The predicted octanol–water partition coefficient (Wildman–Crippen LogP) is 3.47. The molecule has 0 radical (unpaired) electrons. The Labute approximate surface area is 90.5 Å². The molecule has 1 aromatic carbocycles. The van der Waals surface area contributed by atoms with E-state index in [1.165, 1.54) is 5.56 Å². The lowest BCUT2D eigenvalue weighted by Gasteiger charge is -2.07. The molecule has 1 nitrogen and oxygen atoms in total. The van der Waals surface area contributed by atoms with Crippen LogP contribution in [0.3, 0.4) is 0 Å². The molecule has 74 valence electrons. The molecule has 0 bridgehead atoms. The maximum Gasteiger partial charge on any atom is 0.0426 e. The molecule has 0 unspecified atom stereocenters. The number of benzene rings is 1. The minimum absolute atomic E-state index is 0.764. The van der Waals surface area contributed by atoms with Crippen molar-refractivity contribution < 1.29 is 0 Å². The zero-order valence-corrected chi connectivity index (χ0v) is 9.28. The van der Waals surface area contributed by atoms with E-state index in [-0.39, 0.29) is 0 Å². The predicted molar refractivity (Wildman–Crippen MR) is 62.7 cm³/mol. The third-order valence-electron chi connectivity index (χ3n) is 1.94. The van der Waals surface area contributed by atoms with E-state index in [1.807, 2.05) is 25.1 Å². The summed E-state index contributed by atoms with van der Waals surface area (Å²) < 4.78 is 0. The minimum atomic E-state index is 0.764. The molecule has 0 aromatic heterocycles. The quantitative estimate of drug-likeness (QED) is 0.591. The molecule has 14 heavy (non-hydrogen) atoms. The highest BCUT2D eigenvalue weighted by Gasteiger charge is 1.97. The second kappa shape index (κ2) is 5.57. The van der Waals surface area contributed by atoms with E-state index < -0.39 is 0 Å². The molecule has 0 atom stereocenters. The van der Waals surface area contributed by atoms with E-state index in [1.54, 1.807) is 0 Å². The van der Waals surface area contributed by atoms with Gasteiger partial charge in [-0.1, -0.05) is 17.7 Å². The van der Waals surface area contributed by atoms with E-state index in [0.717, 1.165) is 23.7 Å². The molecule has 1 N–H and O–H groups in total. The monoisotopic (exact) mass is 207 g/mol. The van der Waals surface area contributed by atoms with Gasteiger partial charge in [-0.2, -0.15) is 0 Å². The molecular formula is C12H14ClN. The Kier molecular flexibility index (Phi) is 4.35. The summed E-state index contributed by atoms with van der Waals surface area (Å²) >= 11 is 5.89. The van der Waals surface area contributed by atoms with Crippen molar-refractivity contribution in [1.82, 2.24) is 0 Å². The fourth-order valence-corrected chi connectivity index (χ4v) is 1.34. The van der Waals surface area contributed by atoms with Gasteiger partial charge in [-0.15, -0.1) is 11.8 Å². The Hall–Kier alpha value is -1.13. The SMILES string of the molecule is CC#CCCNc1cc(Cl)ccc1C. The van der Waals surface area contributed by atoms with Crippen LogP contribution in [0.15, 0.2) is 18.2 Å². The molecule has 0 aliphatic carbocycles. The molecular weight excluding hydrogens is 194 g/mol. The van der Waals surface area contributed by atoms with Crippen LogP contribution < -0.4 is 5.32 Å². The number of aryl methyl sites for hydroxylation is 1. The minimum Gasteiger partial charge on any atom is -0.384 e. The second-order valence-corrected chi connectivity index (χ2v) is 3.50. The van der Waals surface area contributed by atoms with Crippen LogP contribution in [0, 0.1) is 18.8 Å². The van der Waals surface area contributed by atoms with Crippen LogP contribution in [-0.4, -0.2) is 6.54 Å². The van der Waals surface area contributed by atoms with Crippen LogP contribution in [0.25, 0.3) is 0 Å². The van der Waals surface area contributed by atoms with Crippen LogP contribution >= 0.6 is 11.6 Å². The van der Waals surface area contributed by atoms with Gasteiger partial charge in [-0.05, 0) is 31.5 Å². The van der Waals surface area contributed by atoms with Gasteiger partial charge in [0.1, 0.15) is 0 Å². The maximum absolute atomic E-state index is 5.89. The molecule has 0 saturated heterocycles. The number of hydrogen-bond donors (Lipinski definition) is 1. The van der Waals surface area contributed by atoms with Gasteiger partial charge < -0.3 is 5.32 Å². The first-order valence-corrected chi connectivity index (χ1v) is 5.01. The molecule has 1 aromatic rings. The molecule has 0 aliphatic rings. The van der Waals surface area contributed by atoms with E-state index in [4.69, 9.17) is 11.6 Å². The van der Waals surface area contributed by atoms with Crippen molar-refractivity contribution >= 4 is 17.3 Å². The van der Waals surface area contributed by atoms with E-state index >= 15 is 0 Å². The van der Waals surface area contributed by atoms with Gasteiger partial charge in [0.15, 0.2) is 0 Å². The van der Waals surface area contributed by atoms with Gasteiger partial charge in [0.25, 0.3) is 0 Å². The lowest BCUT2D eigenvalue weighted by atomic mass is 10.2. The number of anilines is 1. The largest absolute Gasteiger partial charge is 0.384 e. The van der Waals surface area contributed by atoms with Crippen molar-refractivity contribution in [1.29, 1.82) is 0 Å². The van der Waals surface area contributed by atoms with Gasteiger partial charge in [0, 0.05) is 23.7 Å². The standard InChI is InChI=1S/C12H14ClN/c1-3-4-5-8-14-12-9-11(13)7-6-10(12)2/h6-7,9,14H,5,8H2,1-2H3. The Bertz CT molecular complexity index is 360. The van der Waals surface area contributed by atoms with Crippen molar-refractivity contribution in [3.05, 3.63) is 28.8 Å². The van der Waals surface area contributed by atoms with Crippen LogP contribution in [0.2, 0.25) is 5.02 Å². The van der Waals surface area contributed by atoms with Gasteiger partial charge in [-0.25, -0.2) is 0 Å². The lowest BCUT2D eigenvalue weighted by Crippen LogP contribution is -2.01. The first kappa shape index (κ1) is 10.9. The van der Waals surface area contributed by atoms with Crippen LogP contribution in [0.4, 0.5) is 5.69 Å².